The predicted octanol–water partition coefficient (Wildman–Crippen LogP) is 3.87. The summed E-state index contributed by atoms with van der Waals surface area (Å²) in [5.74, 6) is -2.19. The van der Waals surface area contributed by atoms with Crippen LogP contribution in [-0.4, -0.2) is 12.0 Å². The number of thiophene rings is 1. The third kappa shape index (κ3) is 4.50. The van der Waals surface area contributed by atoms with Crippen molar-refractivity contribution >= 4 is 33.2 Å². The molecular weight excluding hydrogens is 364 g/mol. The lowest BCUT2D eigenvalue weighted by molar-refractivity contribution is -0.127. The molecule has 112 valence electrons. The van der Waals surface area contributed by atoms with Gasteiger partial charge in [-0.05, 0) is 41.1 Å². The van der Waals surface area contributed by atoms with Crippen LogP contribution < -0.4 is 10.1 Å². The highest BCUT2D eigenvalue weighted by Crippen LogP contribution is 2.20. The normalized spacial score (nSPS) is 12.0. The molecule has 1 aromatic carbocycles. The first-order chi connectivity index (χ1) is 9.95. The van der Waals surface area contributed by atoms with E-state index in [-0.39, 0.29) is 11.7 Å². The van der Waals surface area contributed by atoms with E-state index in [2.05, 4.69) is 21.2 Å². The molecule has 0 aliphatic rings. The number of carbonyl (C=O) groups excluding carboxylic acids is 1. The molecule has 1 unspecified atom stereocenters. The Morgan fingerprint density at radius 3 is 2.76 bits per heavy atom. The van der Waals surface area contributed by atoms with Gasteiger partial charge in [-0.15, -0.1) is 11.3 Å². The number of hydrogen-bond donors (Lipinski definition) is 1. The van der Waals surface area contributed by atoms with Gasteiger partial charge in [0.05, 0.1) is 6.54 Å². The maximum atomic E-state index is 13.0. The van der Waals surface area contributed by atoms with E-state index >= 15 is 0 Å². The lowest BCUT2D eigenvalue weighted by Gasteiger charge is -2.14. The first kappa shape index (κ1) is 15.9. The molecule has 0 aliphatic carbocycles. The molecular formula is C14H12BrF2NO2S. The molecule has 0 radical (unpaired) electrons. The molecule has 7 heteroatoms. The van der Waals surface area contributed by atoms with Crippen molar-refractivity contribution in [1.29, 1.82) is 0 Å². The Morgan fingerprint density at radius 2 is 2.14 bits per heavy atom. The van der Waals surface area contributed by atoms with Gasteiger partial charge in [0.25, 0.3) is 5.91 Å². The van der Waals surface area contributed by atoms with Crippen molar-refractivity contribution in [3.05, 3.63) is 50.6 Å². The van der Waals surface area contributed by atoms with E-state index in [0.717, 1.165) is 21.5 Å². The van der Waals surface area contributed by atoms with E-state index in [4.69, 9.17) is 4.74 Å². The Labute approximate surface area is 133 Å². The number of halogens is 3. The summed E-state index contributed by atoms with van der Waals surface area (Å²) in [6, 6.07) is 5.05. The maximum absolute atomic E-state index is 13.0. The van der Waals surface area contributed by atoms with Crippen LogP contribution in [0, 0.1) is 11.6 Å². The van der Waals surface area contributed by atoms with Gasteiger partial charge in [0.1, 0.15) is 5.75 Å². The molecule has 0 aliphatic heterocycles. The van der Waals surface area contributed by atoms with Gasteiger partial charge in [0.2, 0.25) is 0 Å². The zero-order valence-corrected chi connectivity index (χ0v) is 13.4. The minimum atomic E-state index is -1.01. The molecule has 1 atom stereocenters. The van der Waals surface area contributed by atoms with Crippen molar-refractivity contribution < 1.29 is 18.3 Å². The van der Waals surface area contributed by atoms with Gasteiger partial charge in [-0.2, -0.15) is 0 Å². The summed E-state index contributed by atoms with van der Waals surface area (Å²) in [6.07, 6.45) is -0.807. The Balaban J connectivity index is 1.88. The van der Waals surface area contributed by atoms with Gasteiger partial charge in [-0.3, -0.25) is 4.79 Å². The first-order valence-electron chi connectivity index (χ1n) is 6.08. The van der Waals surface area contributed by atoms with Crippen LogP contribution in [0.25, 0.3) is 0 Å². The van der Waals surface area contributed by atoms with E-state index in [1.54, 1.807) is 6.92 Å². The molecule has 2 aromatic rings. The summed E-state index contributed by atoms with van der Waals surface area (Å²) in [7, 11) is 0. The number of benzene rings is 1. The molecule has 1 amide bonds. The maximum Gasteiger partial charge on any atom is 0.261 e. The number of hydrogen-bond acceptors (Lipinski definition) is 3. The van der Waals surface area contributed by atoms with E-state index in [9.17, 15) is 13.6 Å². The quantitative estimate of drug-likeness (QED) is 0.861. The van der Waals surface area contributed by atoms with Gasteiger partial charge >= 0.3 is 0 Å². The fourth-order valence-electron chi connectivity index (χ4n) is 1.57. The molecule has 1 aromatic heterocycles. The minimum Gasteiger partial charge on any atom is -0.481 e. The molecule has 2 rings (SSSR count). The SMILES string of the molecule is CC(Oc1ccc(F)c(F)c1)C(=O)NCc1cc(Br)cs1. The summed E-state index contributed by atoms with van der Waals surface area (Å²) >= 11 is 4.85. The highest BCUT2D eigenvalue weighted by atomic mass is 79.9. The molecule has 21 heavy (non-hydrogen) atoms. The van der Waals surface area contributed by atoms with Crippen LogP contribution in [0.3, 0.4) is 0 Å². The smallest absolute Gasteiger partial charge is 0.261 e. The van der Waals surface area contributed by atoms with Crippen molar-refractivity contribution in [1.82, 2.24) is 5.32 Å². The first-order valence-corrected chi connectivity index (χ1v) is 7.75. The van der Waals surface area contributed by atoms with Gasteiger partial charge in [0.15, 0.2) is 17.7 Å². The highest BCUT2D eigenvalue weighted by Gasteiger charge is 2.15. The third-order valence-corrected chi connectivity index (χ3v) is 4.33. The van der Waals surface area contributed by atoms with Gasteiger partial charge < -0.3 is 10.1 Å². The molecule has 0 fully saturated rings. The number of rotatable bonds is 5. The van der Waals surface area contributed by atoms with Crippen LogP contribution in [0.5, 0.6) is 5.75 Å². The largest absolute Gasteiger partial charge is 0.481 e. The van der Waals surface area contributed by atoms with Gasteiger partial charge in [-0.1, -0.05) is 0 Å². The molecule has 3 nitrogen and oxygen atoms in total. The lowest BCUT2D eigenvalue weighted by Crippen LogP contribution is -2.35. The highest BCUT2D eigenvalue weighted by molar-refractivity contribution is 9.10. The van der Waals surface area contributed by atoms with Crippen LogP contribution in [0.2, 0.25) is 0 Å². The van der Waals surface area contributed by atoms with Gasteiger partial charge in [0, 0.05) is 20.8 Å². The van der Waals surface area contributed by atoms with E-state index in [0.29, 0.717) is 6.54 Å². The van der Waals surface area contributed by atoms with E-state index in [1.165, 1.54) is 17.4 Å². The standard InChI is InChI=1S/C14H12BrF2NO2S/c1-8(20-10-2-3-12(16)13(17)5-10)14(19)18-6-11-4-9(15)7-21-11/h2-5,7-8H,6H2,1H3,(H,18,19). The average Bonchev–Trinajstić information content (AvgIpc) is 2.86. The van der Waals surface area contributed by atoms with Crippen LogP contribution in [0.15, 0.2) is 34.1 Å². The Morgan fingerprint density at radius 1 is 1.38 bits per heavy atom. The molecule has 0 saturated carbocycles. The van der Waals surface area contributed by atoms with Crippen molar-refractivity contribution in [2.75, 3.05) is 0 Å². The topological polar surface area (TPSA) is 38.3 Å². The number of carbonyl (C=O) groups is 1. The molecule has 0 bridgehead atoms. The molecule has 1 heterocycles. The van der Waals surface area contributed by atoms with Crippen molar-refractivity contribution in [2.24, 2.45) is 0 Å². The van der Waals surface area contributed by atoms with Crippen LogP contribution in [0.4, 0.5) is 8.78 Å². The summed E-state index contributed by atoms with van der Waals surface area (Å²) < 4.78 is 32.1. The van der Waals surface area contributed by atoms with E-state index in [1.807, 2.05) is 11.4 Å². The summed E-state index contributed by atoms with van der Waals surface area (Å²) in [5.41, 5.74) is 0. The number of ether oxygens (including phenoxy) is 1. The number of nitrogens with one attached hydrogen (secondary N) is 1. The molecule has 0 spiro atoms. The Hall–Kier alpha value is -1.47. The van der Waals surface area contributed by atoms with Crippen LogP contribution >= 0.6 is 27.3 Å². The third-order valence-electron chi connectivity index (χ3n) is 2.63. The van der Waals surface area contributed by atoms with Crippen molar-refractivity contribution in [3.63, 3.8) is 0 Å². The average molecular weight is 376 g/mol. The molecule has 1 N–H and O–H groups in total. The lowest BCUT2D eigenvalue weighted by atomic mass is 10.3. The van der Waals surface area contributed by atoms with Gasteiger partial charge in [-0.25, -0.2) is 8.78 Å². The Kier molecular flexibility index (Phi) is 5.30. The minimum absolute atomic E-state index is 0.107. The van der Waals surface area contributed by atoms with Crippen molar-refractivity contribution in [2.45, 2.75) is 19.6 Å². The second-order valence-corrected chi connectivity index (χ2v) is 6.20. The second-order valence-electron chi connectivity index (χ2n) is 4.29. The zero-order chi connectivity index (χ0) is 15.4. The summed E-state index contributed by atoms with van der Waals surface area (Å²) in [6.45, 7) is 1.93. The summed E-state index contributed by atoms with van der Waals surface area (Å²) in [4.78, 5) is 12.9. The fraction of sp³-hybridized carbons (Fsp3) is 0.214. The summed E-state index contributed by atoms with van der Waals surface area (Å²) in [5, 5.41) is 4.64. The van der Waals surface area contributed by atoms with Crippen molar-refractivity contribution in [3.8, 4) is 5.75 Å². The molecule has 0 saturated heterocycles. The van der Waals surface area contributed by atoms with Crippen LogP contribution in [-0.2, 0) is 11.3 Å². The predicted molar refractivity (Wildman–Crippen MR) is 80.3 cm³/mol. The number of amides is 1. The second kappa shape index (κ2) is 7.00. The monoisotopic (exact) mass is 375 g/mol. The van der Waals surface area contributed by atoms with E-state index < -0.39 is 17.7 Å². The zero-order valence-electron chi connectivity index (χ0n) is 11.0. The Bertz CT molecular complexity index is 648. The van der Waals surface area contributed by atoms with Crippen LogP contribution in [0.1, 0.15) is 11.8 Å². The fourth-order valence-corrected chi connectivity index (χ4v) is 2.96.